The van der Waals surface area contributed by atoms with Crippen LogP contribution >= 0.6 is 0 Å². The van der Waals surface area contributed by atoms with E-state index < -0.39 is 29.3 Å². The Kier molecular flexibility index (Phi) is 3.12. The van der Waals surface area contributed by atoms with Crippen molar-refractivity contribution in [1.29, 1.82) is 5.26 Å². The minimum Gasteiger partial charge on any atom is -0.260 e. The van der Waals surface area contributed by atoms with E-state index in [1.165, 1.54) is 13.0 Å². The highest BCUT2D eigenvalue weighted by Gasteiger charge is 2.38. The zero-order chi connectivity index (χ0) is 12.5. The molecular formula is C9H5F5N2. The van der Waals surface area contributed by atoms with Gasteiger partial charge in [0.2, 0.25) is 0 Å². The molecule has 0 aliphatic heterocycles. The van der Waals surface area contributed by atoms with Crippen LogP contribution in [0.2, 0.25) is 0 Å². The molecule has 0 radical (unpaired) electrons. The van der Waals surface area contributed by atoms with Crippen LogP contribution in [0, 0.1) is 18.3 Å². The Balaban J connectivity index is 3.60. The van der Waals surface area contributed by atoms with Crippen LogP contribution in [-0.2, 0) is 6.18 Å². The molecular weight excluding hydrogens is 231 g/mol. The summed E-state index contributed by atoms with van der Waals surface area (Å²) in [7, 11) is 0. The number of aromatic nitrogens is 1. The number of nitrogens with zero attached hydrogens (tertiary/aromatic N) is 2. The van der Waals surface area contributed by atoms with Crippen molar-refractivity contribution in [1.82, 2.24) is 4.98 Å². The summed E-state index contributed by atoms with van der Waals surface area (Å²) in [6, 6.07) is 1.32. The molecule has 0 spiro atoms. The molecule has 1 heterocycles. The third kappa shape index (κ3) is 2.10. The Labute approximate surface area is 87.3 Å². The molecule has 7 heteroatoms. The maximum atomic E-state index is 12.5. The number of alkyl halides is 5. The van der Waals surface area contributed by atoms with Crippen molar-refractivity contribution >= 4 is 0 Å². The fraction of sp³-hybridized carbons (Fsp3) is 0.333. The van der Waals surface area contributed by atoms with Gasteiger partial charge in [-0.05, 0) is 6.92 Å². The predicted molar refractivity (Wildman–Crippen MR) is 43.6 cm³/mol. The molecule has 16 heavy (non-hydrogen) atoms. The molecule has 0 atom stereocenters. The maximum Gasteiger partial charge on any atom is 0.418 e. The second kappa shape index (κ2) is 4.04. The average Bonchev–Trinajstić information content (AvgIpc) is 2.14. The lowest BCUT2D eigenvalue weighted by atomic mass is 10.0. The number of rotatable bonds is 1. The highest BCUT2D eigenvalue weighted by molar-refractivity contribution is 5.46. The van der Waals surface area contributed by atoms with Gasteiger partial charge in [0.15, 0.2) is 0 Å². The zero-order valence-electron chi connectivity index (χ0n) is 7.94. The SMILES string of the molecule is Cc1ncc(C(F)(F)F)c(C(F)F)c1C#N. The third-order valence-corrected chi connectivity index (χ3v) is 1.94. The van der Waals surface area contributed by atoms with Crippen molar-refractivity contribution in [3.63, 3.8) is 0 Å². The van der Waals surface area contributed by atoms with Gasteiger partial charge in [-0.1, -0.05) is 0 Å². The fourth-order valence-corrected chi connectivity index (χ4v) is 1.22. The first-order chi connectivity index (χ1) is 7.29. The van der Waals surface area contributed by atoms with Gasteiger partial charge in [-0.3, -0.25) is 4.98 Å². The van der Waals surface area contributed by atoms with Crippen molar-refractivity contribution in [2.24, 2.45) is 0 Å². The monoisotopic (exact) mass is 236 g/mol. The van der Waals surface area contributed by atoms with Crippen LogP contribution in [0.5, 0.6) is 0 Å². The van der Waals surface area contributed by atoms with E-state index in [-0.39, 0.29) is 5.69 Å². The highest BCUT2D eigenvalue weighted by atomic mass is 19.4. The van der Waals surface area contributed by atoms with E-state index in [0.29, 0.717) is 6.20 Å². The molecule has 0 fully saturated rings. The number of aryl methyl sites for hydroxylation is 1. The van der Waals surface area contributed by atoms with Gasteiger partial charge in [0.05, 0.1) is 22.4 Å². The Bertz CT molecular complexity index is 444. The Morgan fingerprint density at radius 3 is 2.31 bits per heavy atom. The summed E-state index contributed by atoms with van der Waals surface area (Å²) in [5.74, 6) is 0. The summed E-state index contributed by atoms with van der Waals surface area (Å²) in [6.07, 6.45) is -8.00. The molecule has 0 saturated carbocycles. The van der Waals surface area contributed by atoms with Crippen LogP contribution in [0.25, 0.3) is 0 Å². The van der Waals surface area contributed by atoms with Crippen LogP contribution in [0.15, 0.2) is 6.20 Å². The van der Waals surface area contributed by atoms with Gasteiger partial charge in [0, 0.05) is 6.20 Å². The zero-order valence-corrected chi connectivity index (χ0v) is 7.94. The van der Waals surface area contributed by atoms with Crippen LogP contribution in [0.1, 0.15) is 28.8 Å². The lowest BCUT2D eigenvalue weighted by molar-refractivity contribution is -0.139. The first-order valence-electron chi connectivity index (χ1n) is 4.04. The second-order valence-corrected chi connectivity index (χ2v) is 2.96. The highest BCUT2D eigenvalue weighted by Crippen LogP contribution is 2.37. The third-order valence-electron chi connectivity index (χ3n) is 1.94. The lowest BCUT2D eigenvalue weighted by Crippen LogP contribution is -2.13. The molecule has 0 amide bonds. The van der Waals surface area contributed by atoms with E-state index in [9.17, 15) is 22.0 Å². The summed E-state index contributed by atoms with van der Waals surface area (Å²) < 4.78 is 62.1. The van der Waals surface area contributed by atoms with Gasteiger partial charge < -0.3 is 0 Å². The van der Waals surface area contributed by atoms with E-state index in [1.54, 1.807) is 0 Å². The maximum absolute atomic E-state index is 12.5. The lowest BCUT2D eigenvalue weighted by Gasteiger charge is -2.14. The van der Waals surface area contributed by atoms with E-state index in [0.717, 1.165) is 0 Å². The standard InChI is InChI=1S/C9H5F5N2/c1-4-5(2-15)7(8(10)11)6(3-16-4)9(12,13)14/h3,8H,1H3. The van der Waals surface area contributed by atoms with Gasteiger partial charge >= 0.3 is 6.18 Å². The first-order valence-corrected chi connectivity index (χ1v) is 4.04. The van der Waals surface area contributed by atoms with E-state index in [2.05, 4.69) is 4.98 Å². The van der Waals surface area contributed by atoms with Crippen LogP contribution in [0.3, 0.4) is 0 Å². The van der Waals surface area contributed by atoms with E-state index in [4.69, 9.17) is 5.26 Å². The van der Waals surface area contributed by atoms with Crippen LogP contribution < -0.4 is 0 Å². The number of nitriles is 1. The van der Waals surface area contributed by atoms with Gasteiger partial charge in [-0.25, -0.2) is 8.78 Å². The molecule has 1 aromatic heterocycles. The minimum absolute atomic E-state index is 0.147. The first kappa shape index (κ1) is 12.4. The molecule has 86 valence electrons. The molecule has 0 aliphatic carbocycles. The molecule has 0 unspecified atom stereocenters. The topological polar surface area (TPSA) is 36.7 Å². The van der Waals surface area contributed by atoms with Crippen molar-refractivity contribution in [3.8, 4) is 6.07 Å². The normalized spacial score (nSPS) is 11.6. The van der Waals surface area contributed by atoms with E-state index in [1.807, 2.05) is 0 Å². The van der Waals surface area contributed by atoms with Crippen molar-refractivity contribution in [2.45, 2.75) is 19.5 Å². The largest absolute Gasteiger partial charge is 0.418 e. The number of pyridine rings is 1. The van der Waals surface area contributed by atoms with Gasteiger partial charge in [-0.15, -0.1) is 0 Å². The van der Waals surface area contributed by atoms with Gasteiger partial charge in [-0.2, -0.15) is 18.4 Å². The number of halogens is 5. The van der Waals surface area contributed by atoms with Crippen LogP contribution in [-0.4, -0.2) is 4.98 Å². The molecule has 1 rings (SSSR count). The van der Waals surface area contributed by atoms with Gasteiger partial charge in [0.25, 0.3) is 6.43 Å². The summed E-state index contributed by atoms with van der Waals surface area (Å²) in [4.78, 5) is 3.28. The molecule has 0 saturated heterocycles. The summed E-state index contributed by atoms with van der Waals surface area (Å²) in [5.41, 5.74) is -3.73. The molecule has 0 N–H and O–H groups in total. The molecule has 2 nitrogen and oxygen atoms in total. The second-order valence-electron chi connectivity index (χ2n) is 2.96. The van der Waals surface area contributed by atoms with Crippen LogP contribution in [0.4, 0.5) is 22.0 Å². The average molecular weight is 236 g/mol. The molecule has 1 aromatic rings. The van der Waals surface area contributed by atoms with Crippen molar-refractivity contribution < 1.29 is 22.0 Å². The summed E-state index contributed by atoms with van der Waals surface area (Å²) in [5, 5.41) is 8.55. The number of hydrogen-bond donors (Lipinski definition) is 0. The minimum atomic E-state index is -4.95. The quantitative estimate of drug-likeness (QED) is 0.702. The van der Waals surface area contributed by atoms with Crippen molar-refractivity contribution in [3.05, 3.63) is 28.6 Å². The molecule has 0 aliphatic rings. The number of hydrogen-bond acceptors (Lipinski definition) is 2. The fourth-order valence-electron chi connectivity index (χ4n) is 1.22. The van der Waals surface area contributed by atoms with Gasteiger partial charge in [0.1, 0.15) is 6.07 Å². The Morgan fingerprint density at radius 1 is 1.38 bits per heavy atom. The summed E-state index contributed by atoms with van der Waals surface area (Å²) >= 11 is 0. The Hall–Kier alpha value is -1.71. The van der Waals surface area contributed by atoms with E-state index >= 15 is 0 Å². The Morgan fingerprint density at radius 2 is 1.94 bits per heavy atom. The molecule has 0 bridgehead atoms. The predicted octanol–water partition coefficient (Wildman–Crippen LogP) is 3.22. The smallest absolute Gasteiger partial charge is 0.260 e. The van der Waals surface area contributed by atoms with Crippen molar-refractivity contribution in [2.75, 3.05) is 0 Å². The summed E-state index contributed by atoms with van der Waals surface area (Å²) in [6.45, 7) is 1.20. The molecule has 0 aromatic carbocycles.